The highest BCUT2D eigenvalue weighted by atomic mass is 35.5. The average Bonchev–Trinajstić information content (AvgIpc) is 3.09. The third-order valence-corrected chi connectivity index (χ3v) is 6.25. The minimum Gasteiger partial charge on any atom is -0.493 e. The quantitative estimate of drug-likeness (QED) is 0.434. The number of benzene rings is 2. The van der Waals surface area contributed by atoms with Crippen molar-refractivity contribution in [2.24, 2.45) is 0 Å². The lowest BCUT2D eigenvalue weighted by Gasteiger charge is -2.17. The van der Waals surface area contributed by atoms with Crippen LogP contribution >= 0.6 is 22.9 Å². The molecule has 0 unspecified atom stereocenters. The monoisotopic (exact) mass is 444 g/mol. The summed E-state index contributed by atoms with van der Waals surface area (Å²) in [5.74, 6) is 1.42. The fourth-order valence-corrected chi connectivity index (χ4v) is 4.61. The first-order chi connectivity index (χ1) is 14.3. The Labute approximate surface area is 186 Å². The van der Waals surface area contributed by atoms with Crippen molar-refractivity contribution < 1.29 is 14.3 Å². The highest BCUT2D eigenvalue weighted by Crippen LogP contribution is 2.32. The molecule has 1 heterocycles. The highest BCUT2D eigenvalue weighted by molar-refractivity contribution is 7.17. The fraction of sp³-hybridized carbons (Fsp3) is 0.304. The van der Waals surface area contributed by atoms with E-state index in [9.17, 15) is 4.79 Å². The summed E-state index contributed by atoms with van der Waals surface area (Å²) in [5.41, 5.74) is 3.85. The summed E-state index contributed by atoms with van der Waals surface area (Å²) in [6.07, 6.45) is 0. The standard InChI is InChI=1S/C23H25ClN2O3S/c1-14-10-17(24)7-8-18(14)23-25-15(2)22(30-23)19(27)13-26(3)12-16-6-9-20(28-4)21(11-16)29-5/h6-11H,12-13H2,1-5H3. The Bertz CT molecular complexity index is 1060. The lowest BCUT2D eigenvalue weighted by molar-refractivity contribution is 0.0946. The Morgan fingerprint density at radius 3 is 2.50 bits per heavy atom. The summed E-state index contributed by atoms with van der Waals surface area (Å²) in [5, 5.41) is 1.53. The van der Waals surface area contributed by atoms with Crippen molar-refractivity contribution >= 4 is 28.7 Å². The van der Waals surface area contributed by atoms with Crippen LogP contribution < -0.4 is 9.47 Å². The molecule has 158 valence electrons. The highest BCUT2D eigenvalue weighted by Gasteiger charge is 2.19. The van der Waals surface area contributed by atoms with Gasteiger partial charge in [0.1, 0.15) is 5.01 Å². The number of aryl methyl sites for hydroxylation is 2. The number of hydrogen-bond acceptors (Lipinski definition) is 6. The van der Waals surface area contributed by atoms with Gasteiger partial charge in [0.25, 0.3) is 0 Å². The molecule has 0 saturated carbocycles. The summed E-state index contributed by atoms with van der Waals surface area (Å²) < 4.78 is 10.6. The van der Waals surface area contributed by atoms with E-state index >= 15 is 0 Å². The average molecular weight is 445 g/mol. The molecule has 0 spiro atoms. The maximum absolute atomic E-state index is 12.9. The molecule has 3 rings (SSSR count). The van der Waals surface area contributed by atoms with Crippen LogP contribution in [0, 0.1) is 13.8 Å². The van der Waals surface area contributed by atoms with Gasteiger partial charge in [0, 0.05) is 17.1 Å². The largest absolute Gasteiger partial charge is 0.493 e. The molecular weight excluding hydrogens is 420 g/mol. The number of Topliss-reactive ketones (excluding diaryl/α,β-unsaturated/α-hetero) is 1. The summed E-state index contributed by atoms with van der Waals surface area (Å²) in [7, 11) is 5.15. The molecule has 2 aromatic carbocycles. The smallest absolute Gasteiger partial charge is 0.188 e. The molecule has 3 aromatic rings. The van der Waals surface area contributed by atoms with E-state index in [0.29, 0.717) is 34.5 Å². The van der Waals surface area contributed by atoms with E-state index in [2.05, 4.69) is 4.98 Å². The van der Waals surface area contributed by atoms with E-state index in [1.165, 1.54) is 11.3 Å². The number of methoxy groups -OCH3 is 2. The third kappa shape index (κ3) is 5.01. The summed E-state index contributed by atoms with van der Waals surface area (Å²) in [6.45, 7) is 4.80. The van der Waals surface area contributed by atoms with Crippen molar-refractivity contribution in [3.8, 4) is 22.1 Å². The predicted molar refractivity (Wildman–Crippen MR) is 122 cm³/mol. The first-order valence-corrected chi connectivity index (χ1v) is 10.7. The number of thiazole rings is 1. The Morgan fingerprint density at radius 2 is 1.83 bits per heavy atom. The molecule has 0 bridgehead atoms. The Kier molecular flexibility index (Phi) is 7.13. The minimum atomic E-state index is 0.0610. The van der Waals surface area contributed by atoms with Gasteiger partial charge < -0.3 is 9.47 Å². The number of hydrogen-bond donors (Lipinski definition) is 0. The van der Waals surface area contributed by atoms with Crippen LogP contribution in [-0.2, 0) is 6.54 Å². The Balaban J connectivity index is 1.72. The van der Waals surface area contributed by atoms with Crippen LogP contribution in [0.2, 0.25) is 5.02 Å². The van der Waals surface area contributed by atoms with E-state index in [1.807, 2.05) is 62.2 Å². The van der Waals surface area contributed by atoms with Crippen LogP contribution in [0.15, 0.2) is 36.4 Å². The SMILES string of the molecule is COc1ccc(CN(C)CC(=O)c2sc(-c3ccc(Cl)cc3C)nc2C)cc1OC. The van der Waals surface area contributed by atoms with Gasteiger partial charge in [-0.3, -0.25) is 9.69 Å². The van der Waals surface area contributed by atoms with Gasteiger partial charge in [0.05, 0.1) is 31.3 Å². The molecule has 0 N–H and O–H groups in total. The van der Waals surface area contributed by atoms with Gasteiger partial charge >= 0.3 is 0 Å². The topological polar surface area (TPSA) is 51.7 Å². The molecule has 0 saturated heterocycles. The number of halogens is 1. The second kappa shape index (κ2) is 9.60. The normalized spacial score (nSPS) is 11.0. The molecule has 1 aromatic heterocycles. The molecule has 0 aliphatic rings. The zero-order chi connectivity index (χ0) is 21.8. The van der Waals surface area contributed by atoms with Gasteiger partial charge in [0.15, 0.2) is 17.3 Å². The van der Waals surface area contributed by atoms with E-state index in [1.54, 1.807) is 14.2 Å². The number of aromatic nitrogens is 1. The van der Waals surface area contributed by atoms with Crippen LogP contribution in [0.25, 0.3) is 10.6 Å². The summed E-state index contributed by atoms with van der Waals surface area (Å²) in [6, 6.07) is 11.5. The molecular formula is C23H25ClN2O3S. The maximum atomic E-state index is 12.9. The fourth-order valence-electron chi connectivity index (χ4n) is 3.30. The number of ketones is 1. The number of carbonyl (C=O) groups excluding carboxylic acids is 1. The molecule has 0 atom stereocenters. The number of nitrogens with zero attached hydrogens (tertiary/aromatic N) is 2. The van der Waals surface area contributed by atoms with E-state index < -0.39 is 0 Å². The van der Waals surface area contributed by atoms with Crippen LogP contribution in [0.4, 0.5) is 0 Å². The van der Waals surface area contributed by atoms with Crippen LogP contribution in [-0.4, -0.2) is 43.5 Å². The van der Waals surface area contributed by atoms with Gasteiger partial charge in [-0.1, -0.05) is 23.7 Å². The van der Waals surface area contributed by atoms with Gasteiger partial charge in [-0.2, -0.15) is 0 Å². The molecule has 5 nitrogen and oxygen atoms in total. The Morgan fingerprint density at radius 1 is 1.10 bits per heavy atom. The van der Waals surface area contributed by atoms with Crippen molar-refractivity contribution in [1.29, 1.82) is 0 Å². The number of ether oxygens (including phenoxy) is 2. The van der Waals surface area contributed by atoms with Gasteiger partial charge in [0.2, 0.25) is 0 Å². The van der Waals surface area contributed by atoms with Crippen molar-refractivity contribution in [3.63, 3.8) is 0 Å². The molecule has 0 radical (unpaired) electrons. The van der Waals surface area contributed by atoms with E-state index in [-0.39, 0.29) is 5.78 Å². The van der Waals surface area contributed by atoms with Crippen LogP contribution in [0.1, 0.15) is 26.5 Å². The number of carbonyl (C=O) groups is 1. The van der Waals surface area contributed by atoms with Crippen LogP contribution in [0.3, 0.4) is 0 Å². The molecule has 7 heteroatoms. The first-order valence-electron chi connectivity index (χ1n) is 9.49. The lowest BCUT2D eigenvalue weighted by atomic mass is 10.1. The molecule has 0 fully saturated rings. The second-order valence-electron chi connectivity index (χ2n) is 7.18. The predicted octanol–water partition coefficient (Wildman–Crippen LogP) is 5.41. The summed E-state index contributed by atoms with van der Waals surface area (Å²) in [4.78, 5) is 20.2. The van der Waals surface area contributed by atoms with E-state index in [0.717, 1.165) is 27.4 Å². The number of rotatable bonds is 8. The molecule has 0 aliphatic carbocycles. The zero-order valence-electron chi connectivity index (χ0n) is 17.8. The van der Waals surface area contributed by atoms with Crippen molar-refractivity contribution in [3.05, 3.63) is 63.1 Å². The first kappa shape index (κ1) is 22.3. The number of likely N-dealkylation sites (N-methyl/N-ethyl adjacent to an activating group) is 1. The molecule has 30 heavy (non-hydrogen) atoms. The second-order valence-corrected chi connectivity index (χ2v) is 8.61. The third-order valence-electron chi connectivity index (χ3n) is 4.78. The molecule has 0 aliphatic heterocycles. The van der Waals surface area contributed by atoms with Crippen molar-refractivity contribution in [1.82, 2.24) is 9.88 Å². The summed E-state index contributed by atoms with van der Waals surface area (Å²) >= 11 is 7.49. The van der Waals surface area contributed by atoms with Gasteiger partial charge in [-0.15, -0.1) is 11.3 Å². The van der Waals surface area contributed by atoms with Crippen LogP contribution in [0.5, 0.6) is 11.5 Å². The lowest BCUT2D eigenvalue weighted by Crippen LogP contribution is -2.25. The minimum absolute atomic E-state index is 0.0610. The maximum Gasteiger partial charge on any atom is 0.188 e. The van der Waals surface area contributed by atoms with Crippen molar-refractivity contribution in [2.45, 2.75) is 20.4 Å². The van der Waals surface area contributed by atoms with E-state index in [4.69, 9.17) is 21.1 Å². The Hall–Kier alpha value is -2.41. The van der Waals surface area contributed by atoms with Gasteiger partial charge in [-0.05, 0) is 56.3 Å². The zero-order valence-corrected chi connectivity index (χ0v) is 19.4. The molecule has 0 amide bonds. The van der Waals surface area contributed by atoms with Crippen molar-refractivity contribution in [2.75, 3.05) is 27.8 Å². The van der Waals surface area contributed by atoms with Gasteiger partial charge in [-0.25, -0.2) is 4.98 Å².